The molecule has 8 heteroatoms. The molecule has 0 aliphatic heterocycles. The molecule has 1 amide bonds. The zero-order valence-electron chi connectivity index (χ0n) is 12.9. The van der Waals surface area contributed by atoms with E-state index in [4.69, 9.17) is 10.5 Å². The lowest BCUT2D eigenvalue weighted by atomic mass is 10.0. The topological polar surface area (TPSA) is 74.3 Å². The van der Waals surface area contributed by atoms with Crippen molar-refractivity contribution < 1.29 is 27.5 Å². The number of hydrogen-bond donors (Lipinski definition) is 1. The first kappa shape index (κ1) is 17.6. The minimum atomic E-state index is -4.78. The summed E-state index contributed by atoms with van der Waals surface area (Å²) in [5.74, 6) is -1.99. The number of alkyl halides is 3. The molecule has 0 fully saturated rings. The molecule has 0 saturated carbocycles. The van der Waals surface area contributed by atoms with Gasteiger partial charge in [0.25, 0.3) is 0 Å². The first-order chi connectivity index (χ1) is 11.1. The van der Waals surface area contributed by atoms with Crippen molar-refractivity contribution >= 4 is 11.9 Å². The number of carbonyl (C=O) groups is 2. The summed E-state index contributed by atoms with van der Waals surface area (Å²) in [6, 6.07) is 6.86. The molecule has 0 spiro atoms. The molecule has 0 saturated heterocycles. The maximum atomic E-state index is 13.3. The van der Waals surface area contributed by atoms with Crippen LogP contribution in [0.15, 0.2) is 36.5 Å². The Morgan fingerprint density at radius 3 is 2.38 bits per heavy atom. The number of amides is 1. The second kappa shape index (κ2) is 6.38. The number of benzene rings is 1. The molecular formula is C16H15F3N2O3. The Kier molecular flexibility index (Phi) is 4.68. The van der Waals surface area contributed by atoms with Crippen LogP contribution >= 0.6 is 0 Å². The van der Waals surface area contributed by atoms with Crippen LogP contribution in [-0.2, 0) is 11.8 Å². The summed E-state index contributed by atoms with van der Waals surface area (Å²) >= 11 is 0. The minimum Gasteiger partial charge on any atom is -0.443 e. The van der Waals surface area contributed by atoms with Gasteiger partial charge in [0, 0.05) is 18.8 Å². The SMILES string of the molecule is Cc1ccccc1[C@H](OC(=O)c1cc(C(N)=O)cn1C)C(F)(F)F. The highest BCUT2D eigenvalue weighted by Gasteiger charge is 2.45. The van der Waals surface area contributed by atoms with Gasteiger partial charge in [-0.1, -0.05) is 24.3 Å². The average Bonchev–Trinajstić information content (AvgIpc) is 2.87. The van der Waals surface area contributed by atoms with Crippen molar-refractivity contribution in [3.05, 3.63) is 58.9 Å². The second-order valence-corrected chi connectivity index (χ2v) is 5.27. The number of carbonyl (C=O) groups excluding carboxylic acids is 2. The third kappa shape index (κ3) is 3.58. The quantitative estimate of drug-likeness (QED) is 0.870. The average molecular weight is 340 g/mol. The maximum Gasteiger partial charge on any atom is 0.429 e. The molecule has 2 rings (SSSR count). The lowest BCUT2D eigenvalue weighted by molar-refractivity contribution is -0.207. The van der Waals surface area contributed by atoms with E-state index in [1.54, 1.807) is 6.07 Å². The van der Waals surface area contributed by atoms with E-state index >= 15 is 0 Å². The number of hydrogen-bond acceptors (Lipinski definition) is 3. The molecule has 24 heavy (non-hydrogen) atoms. The van der Waals surface area contributed by atoms with Crippen LogP contribution in [0.1, 0.15) is 38.1 Å². The number of ether oxygens (including phenoxy) is 1. The molecular weight excluding hydrogens is 325 g/mol. The number of rotatable bonds is 4. The van der Waals surface area contributed by atoms with Gasteiger partial charge in [-0.15, -0.1) is 0 Å². The van der Waals surface area contributed by atoms with Crippen molar-refractivity contribution in [2.24, 2.45) is 12.8 Å². The van der Waals surface area contributed by atoms with Crippen LogP contribution in [0.25, 0.3) is 0 Å². The van der Waals surface area contributed by atoms with Crippen LogP contribution in [0.2, 0.25) is 0 Å². The molecule has 1 aromatic heterocycles. The van der Waals surface area contributed by atoms with Gasteiger partial charge in [0.15, 0.2) is 0 Å². The summed E-state index contributed by atoms with van der Waals surface area (Å²) in [6.45, 7) is 1.50. The van der Waals surface area contributed by atoms with Crippen LogP contribution in [0.5, 0.6) is 0 Å². The number of esters is 1. The molecule has 2 aromatic rings. The highest BCUT2D eigenvalue weighted by Crippen LogP contribution is 2.37. The molecule has 0 bridgehead atoms. The van der Waals surface area contributed by atoms with Crippen LogP contribution < -0.4 is 5.73 Å². The van der Waals surface area contributed by atoms with Gasteiger partial charge < -0.3 is 15.0 Å². The lowest BCUT2D eigenvalue weighted by Gasteiger charge is -2.22. The summed E-state index contributed by atoms with van der Waals surface area (Å²) in [4.78, 5) is 23.3. The highest BCUT2D eigenvalue weighted by molar-refractivity contribution is 5.96. The second-order valence-electron chi connectivity index (χ2n) is 5.27. The van der Waals surface area contributed by atoms with Gasteiger partial charge >= 0.3 is 12.1 Å². The molecule has 0 aliphatic carbocycles. The van der Waals surface area contributed by atoms with E-state index in [9.17, 15) is 22.8 Å². The first-order valence-corrected chi connectivity index (χ1v) is 6.90. The molecule has 5 nitrogen and oxygen atoms in total. The minimum absolute atomic E-state index is 0.00361. The van der Waals surface area contributed by atoms with Crippen molar-refractivity contribution in [1.29, 1.82) is 0 Å². The number of nitrogens with two attached hydrogens (primary N) is 1. The van der Waals surface area contributed by atoms with Gasteiger partial charge in [0.1, 0.15) is 5.69 Å². The summed E-state index contributed by atoms with van der Waals surface area (Å²) in [7, 11) is 1.40. The third-order valence-corrected chi connectivity index (χ3v) is 3.49. The first-order valence-electron chi connectivity index (χ1n) is 6.90. The van der Waals surface area contributed by atoms with E-state index in [1.165, 1.54) is 42.9 Å². The number of aryl methyl sites for hydroxylation is 2. The smallest absolute Gasteiger partial charge is 0.429 e. The molecule has 1 heterocycles. The Morgan fingerprint density at radius 2 is 1.88 bits per heavy atom. The summed E-state index contributed by atoms with van der Waals surface area (Å²) < 4.78 is 45.9. The van der Waals surface area contributed by atoms with Gasteiger partial charge in [-0.25, -0.2) is 4.79 Å². The fourth-order valence-electron chi connectivity index (χ4n) is 2.26. The van der Waals surface area contributed by atoms with Crippen molar-refractivity contribution in [3.63, 3.8) is 0 Å². The molecule has 1 atom stereocenters. The molecule has 0 radical (unpaired) electrons. The number of nitrogens with zero attached hydrogens (tertiary/aromatic N) is 1. The predicted octanol–water partition coefficient (Wildman–Crippen LogP) is 2.89. The normalized spacial score (nSPS) is 12.7. The standard InChI is InChI=1S/C16H15F3N2O3/c1-9-5-3-4-6-11(9)13(16(17,18)19)24-15(23)12-7-10(14(20)22)8-21(12)2/h3-8,13H,1-2H3,(H2,20,22)/t13-/m0/s1. The van der Waals surface area contributed by atoms with Crippen molar-refractivity contribution in [2.45, 2.75) is 19.2 Å². The van der Waals surface area contributed by atoms with Crippen LogP contribution in [0.3, 0.4) is 0 Å². The van der Waals surface area contributed by atoms with E-state index < -0.39 is 24.2 Å². The zero-order valence-corrected chi connectivity index (χ0v) is 12.9. The van der Waals surface area contributed by atoms with Gasteiger partial charge in [-0.2, -0.15) is 13.2 Å². The van der Waals surface area contributed by atoms with Crippen molar-refractivity contribution in [2.75, 3.05) is 0 Å². The van der Waals surface area contributed by atoms with E-state index in [2.05, 4.69) is 0 Å². The van der Waals surface area contributed by atoms with E-state index in [0.717, 1.165) is 6.07 Å². The summed E-state index contributed by atoms with van der Waals surface area (Å²) in [6.07, 6.45) is -5.94. The summed E-state index contributed by atoms with van der Waals surface area (Å²) in [5, 5.41) is 0. The maximum absolute atomic E-state index is 13.3. The highest BCUT2D eigenvalue weighted by atomic mass is 19.4. The Balaban J connectivity index is 2.36. The van der Waals surface area contributed by atoms with Crippen LogP contribution in [0.4, 0.5) is 13.2 Å². The largest absolute Gasteiger partial charge is 0.443 e. The fraction of sp³-hybridized carbons (Fsp3) is 0.250. The van der Waals surface area contributed by atoms with E-state index in [1.807, 2.05) is 0 Å². The lowest BCUT2D eigenvalue weighted by Crippen LogP contribution is -2.27. The number of aromatic nitrogens is 1. The monoisotopic (exact) mass is 340 g/mol. The summed E-state index contributed by atoms with van der Waals surface area (Å²) in [5.41, 5.74) is 5.09. The molecule has 0 unspecified atom stereocenters. The van der Waals surface area contributed by atoms with E-state index in [0.29, 0.717) is 5.56 Å². The van der Waals surface area contributed by atoms with Crippen molar-refractivity contribution in [1.82, 2.24) is 4.57 Å². The van der Waals surface area contributed by atoms with Gasteiger partial charge in [0.05, 0.1) is 5.56 Å². The Labute approximate surface area is 135 Å². The third-order valence-electron chi connectivity index (χ3n) is 3.49. The number of primary amides is 1. The van der Waals surface area contributed by atoms with Gasteiger partial charge in [-0.3, -0.25) is 4.79 Å². The molecule has 0 aliphatic rings. The Morgan fingerprint density at radius 1 is 1.25 bits per heavy atom. The molecule has 2 N–H and O–H groups in total. The molecule has 1 aromatic carbocycles. The van der Waals surface area contributed by atoms with Crippen LogP contribution in [-0.4, -0.2) is 22.6 Å². The fourth-order valence-corrected chi connectivity index (χ4v) is 2.26. The Hall–Kier alpha value is -2.77. The van der Waals surface area contributed by atoms with E-state index in [-0.39, 0.29) is 16.8 Å². The van der Waals surface area contributed by atoms with Crippen LogP contribution in [0, 0.1) is 6.92 Å². The predicted molar refractivity (Wildman–Crippen MR) is 79.3 cm³/mol. The molecule has 128 valence electrons. The number of halogens is 3. The van der Waals surface area contributed by atoms with Gasteiger partial charge in [0.2, 0.25) is 12.0 Å². The van der Waals surface area contributed by atoms with Crippen molar-refractivity contribution in [3.8, 4) is 0 Å². The van der Waals surface area contributed by atoms with Gasteiger partial charge in [-0.05, 0) is 18.6 Å². The zero-order chi connectivity index (χ0) is 18.1. The Bertz CT molecular complexity index is 781.